The van der Waals surface area contributed by atoms with E-state index in [2.05, 4.69) is 20.0 Å². The number of oxazole rings is 1. The zero-order valence-corrected chi connectivity index (χ0v) is 12.6. The highest BCUT2D eigenvalue weighted by molar-refractivity contribution is 5.92. The van der Waals surface area contributed by atoms with Gasteiger partial charge in [0.2, 0.25) is 5.89 Å². The molecule has 0 saturated heterocycles. The second-order valence-corrected chi connectivity index (χ2v) is 4.91. The molecule has 0 spiro atoms. The molecule has 1 N–H and O–H groups in total. The maximum Gasteiger partial charge on any atom is 0.387 e. The molecule has 0 fully saturated rings. The number of nitrogens with zero attached hydrogens (tertiary/aromatic N) is 3. The Kier molecular flexibility index (Phi) is 5.58. The molecule has 23 heavy (non-hydrogen) atoms. The second-order valence-electron chi connectivity index (χ2n) is 4.91. The summed E-state index contributed by atoms with van der Waals surface area (Å²) in [4.78, 5) is 21.8. The van der Waals surface area contributed by atoms with Crippen molar-refractivity contribution in [2.45, 2.75) is 19.7 Å². The van der Waals surface area contributed by atoms with Crippen LogP contribution in [0.25, 0.3) is 0 Å². The van der Waals surface area contributed by atoms with Crippen molar-refractivity contribution in [1.82, 2.24) is 20.2 Å². The van der Waals surface area contributed by atoms with Gasteiger partial charge >= 0.3 is 6.61 Å². The number of carbonyl (C=O) groups is 1. The van der Waals surface area contributed by atoms with E-state index in [1.807, 2.05) is 19.0 Å². The normalized spacial score (nSPS) is 11.0. The standard InChI is InChI=1S/C14H16F2N4O3/c1-20(2)7-12-19-9(8-22-12)5-18-13(21)11-4-3-10(6-17-11)23-14(15)16/h3-4,6,8,14H,5,7H2,1-2H3,(H,18,21). The van der Waals surface area contributed by atoms with Gasteiger partial charge in [0.1, 0.15) is 17.7 Å². The van der Waals surface area contributed by atoms with E-state index in [4.69, 9.17) is 4.42 Å². The minimum atomic E-state index is -2.93. The van der Waals surface area contributed by atoms with Crippen molar-refractivity contribution in [1.29, 1.82) is 0 Å². The van der Waals surface area contributed by atoms with E-state index in [0.717, 1.165) is 6.20 Å². The highest BCUT2D eigenvalue weighted by atomic mass is 19.3. The Morgan fingerprint density at radius 1 is 1.43 bits per heavy atom. The van der Waals surface area contributed by atoms with Crippen molar-refractivity contribution in [3.8, 4) is 5.75 Å². The first-order valence-corrected chi connectivity index (χ1v) is 6.71. The zero-order chi connectivity index (χ0) is 16.8. The van der Waals surface area contributed by atoms with Crippen LogP contribution in [0.4, 0.5) is 8.78 Å². The number of rotatable bonds is 7. The second kappa shape index (κ2) is 7.63. The molecule has 0 aliphatic rings. The van der Waals surface area contributed by atoms with Crippen molar-refractivity contribution in [3.63, 3.8) is 0 Å². The van der Waals surface area contributed by atoms with Gasteiger partial charge in [-0.25, -0.2) is 9.97 Å². The topological polar surface area (TPSA) is 80.5 Å². The molecule has 0 aromatic carbocycles. The number of carbonyl (C=O) groups excluding carboxylic acids is 1. The Bertz CT molecular complexity index is 644. The smallest absolute Gasteiger partial charge is 0.387 e. The molecular weight excluding hydrogens is 310 g/mol. The summed E-state index contributed by atoms with van der Waals surface area (Å²) in [6.07, 6.45) is 2.53. The number of amides is 1. The lowest BCUT2D eigenvalue weighted by Crippen LogP contribution is -2.24. The average molecular weight is 326 g/mol. The van der Waals surface area contributed by atoms with Crippen molar-refractivity contribution >= 4 is 5.91 Å². The predicted molar refractivity (Wildman–Crippen MR) is 75.9 cm³/mol. The number of halogens is 2. The summed E-state index contributed by atoms with van der Waals surface area (Å²) in [5.74, 6) is -0.0157. The number of alkyl halides is 2. The molecule has 0 atom stereocenters. The summed E-state index contributed by atoms with van der Waals surface area (Å²) in [6, 6.07) is 2.55. The minimum Gasteiger partial charge on any atom is -0.447 e. The fourth-order valence-corrected chi connectivity index (χ4v) is 1.72. The Hall–Kier alpha value is -2.55. The monoisotopic (exact) mass is 326 g/mol. The molecule has 124 valence electrons. The summed E-state index contributed by atoms with van der Waals surface area (Å²) in [5.41, 5.74) is 0.663. The predicted octanol–water partition coefficient (Wildman–Crippen LogP) is 1.66. The number of hydrogen-bond donors (Lipinski definition) is 1. The van der Waals surface area contributed by atoms with Crippen molar-refractivity contribution < 1.29 is 22.7 Å². The van der Waals surface area contributed by atoms with Crippen LogP contribution in [0.2, 0.25) is 0 Å². The quantitative estimate of drug-likeness (QED) is 0.833. The molecule has 0 aliphatic heterocycles. The summed E-state index contributed by atoms with van der Waals surface area (Å²) in [7, 11) is 3.78. The summed E-state index contributed by atoms with van der Waals surface area (Å²) in [6.45, 7) is -2.20. The molecule has 0 unspecified atom stereocenters. The molecule has 2 aromatic rings. The van der Waals surface area contributed by atoms with E-state index in [0.29, 0.717) is 18.1 Å². The molecule has 0 aliphatic carbocycles. The van der Waals surface area contributed by atoms with Crippen LogP contribution in [0.5, 0.6) is 5.75 Å². The molecule has 0 saturated carbocycles. The van der Waals surface area contributed by atoms with Gasteiger partial charge in [-0.1, -0.05) is 0 Å². The van der Waals surface area contributed by atoms with E-state index in [9.17, 15) is 13.6 Å². The minimum absolute atomic E-state index is 0.0867. The lowest BCUT2D eigenvalue weighted by Gasteiger charge is -2.05. The molecule has 0 radical (unpaired) electrons. The van der Waals surface area contributed by atoms with Crippen molar-refractivity contribution in [3.05, 3.63) is 41.9 Å². The van der Waals surface area contributed by atoms with Crippen LogP contribution in [0, 0.1) is 0 Å². The number of nitrogens with one attached hydrogen (secondary N) is 1. The summed E-state index contributed by atoms with van der Waals surface area (Å²) < 4.78 is 33.5. The maximum atomic E-state index is 12.0. The molecule has 2 heterocycles. The highest BCUT2D eigenvalue weighted by Gasteiger charge is 2.11. The van der Waals surface area contributed by atoms with Crippen LogP contribution < -0.4 is 10.1 Å². The average Bonchev–Trinajstić information content (AvgIpc) is 2.91. The van der Waals surface area contributed by atoms with Crippen LogP contribution >= 0.6 is 0 Å². The van der Waals surface area contributed by atoms with Gasteiger partial charge in [-0.15, -0.1) is 0 Å². The van der Waals surface area contributed by atoms with Gasteiger partial charge < -0.3 is 19.4 Å². The van der Waals surface area contributed by atoms with Gasteiger partial charge in [-0.2, -0.15) is 8.78 Å². The van der Waals surface area contributed by atoms with Crippen LogP contribution in [-0.2, 0) is 13.1 Å². The maximum absolute atomic E-state index is 12.0. The van der Waals surface area contributed by atoms with Gasteiger partial charge in [0.25, 0.3) is 5.91 Å². The van der Waals surface area contributed by atoms with Crippen LogP contribution in [0.1, 0.15) is 22.1 Å². The van der Waals surface area contributed by atoms with E-state index in [1.165, 1.54) is 18.4 Å². The fourth-order valence-electron chi connectivity index (χ4n) is 1.72. The number of aromatic nitrogens is 2. The Balaban J connectivity index is 1.88. The van der Waals surface area contributed by atoms with Crippen molar-refractivity contribution in [2.75, 3.05) is 14.1 Å². The first-order chi connectivity index (χ1) is 10.9. The lowest BCUT2D eigenvalue weighted by atomic mass is 10.3. The third kappa shape index (κ3) is 5.29. The van der Waals surface area contributed by atoms with Crippen LogP contribution in [0.15, 0.2) is 29.0 Å². The molecule has 0 bridgehead atoms. The summed E-state index contributed by atoms with van der Waals surface area (Å²) >= 11 is 0. The highest BCUT2D eigenvalue weighted by Crippen LogP contribution is 2.12. The molecule has 2 aromatic heterocycles. The Labute approximate surface area is 131 Å². The van der Waals surface area contributed by atoms with E-state index in [-0.39, 0.29) is 18.0 Å². The number of ether oxygens (including phenoxy) is 1. The van der Waals surface area contributed by atoms with Crippen LogP contribution in [0.3, 0.4) is 0 Å². The number of pyridine rings is 1. The van der Waals surface area contributed by atoms with Gasteiger partial charge in [0.05, 0.1) is 25.0 Å². The summed E-state index contributed by atoms with van der Waals surface area (Å²) in [5, 5.41) is 2.62. The molecular formula is C14H16F2N4O3. The SMILES string of the molecule is CN(C)Cc1nc(CNC(=O)c2ccc(OC(F)F)cn2)co1. The Morgan fingerprint density at radius 3 is 2.83 bits per heavy atom. The molecule has 7 nitrogen and oxygen atoms in total. The first kappa shape index (κ1) is 16.8. The van der Waals surface area contributed by atoms with E-state index >= 15 is 0 Å². The first-order valence-electron chi connectivity index (χ1n) is 6.71. The lowest BCUT2D eigenvalue weighted by molar-refractivity contribution is -0.0500. The van der Waals surface area contributed by atoms with Crippen LogP contribution in [-0.4, -0.2) is 41.5 Å². The van der Waals surface area contributed by atoms with Gasteiger partial charge in [-0.3, -0.25) is 4.79 Å². The molecule has 1 amide bonds. The Morgan fingerprint density at radius 2 is 2.22 bits per heavy atom. The van der Waals surface area contributed by atoms with E-state index in [1.54, 1.807) is 0 Å². The van der Waals surface area contributed by atoms with Gasteiger partial charge in [0.15, 0.2) is 0 Å². The molecule has 2 rings (SSSR count). The third-order valence-corrected chi connectivity index (χ3v) is 2.68. The number of hydrogen-bond acceptors (Lipinski definition) is 6. The van der Waals surface area contributed by atoms with Gasteiger partial charge in [0, 0.05) is 0 Å². The largest absolute Gasteiger partial charge is 0.447 e. The van der Waals surface area contributed by atoms with Gasteiger partial charge in [-0.05, 0) is 26.2 Å². The van der Waals surface area contributed by atoms with Crippen molar-refractivity contribution in [2.24, 2.45) is 0 Å². The fraction of sp³-hybridized carbons (Fsp3) is 0.357. The zero-order valence-electron chi connectivity index (χ0n) is 12.6. The van der Waals surface area contributed by atoms with E-state index < -0.39 is 12.5 Å². The molecule has 9 heteroatoms. The third-order valence-electron chi connectivity index (χ3n) is 2.68.